The van der Waals surface area contributed by atoms with Crippen molar-refractivity contribution in [1.29, 1.82) is 0 Å². The first-order valence-corrected chi connectivity index (χ1v) is 9.94. The molecule has 0 atom stereocenters. The van der Waals surface area contributed by atoms with E-state index in [0.29, 0.717) is 11.2 Å². The molecule has 0 radical (unpaired) electrons. The van der Waals surface area contributed by atoms with Gasteiger partial charge in [0.15, 0.2) is 11.5 Å². The molecule has 0 aliphatic rings. The van der Waals surface area contributed by atoms with E-state index in [-0.39, 0.29) is 5.91 Å². The van der Waals surface area contributed by atoms with E-state index in [9.17, 15) is 4.79 Å². The maximum atomic E-state index is 12.6. The summed E-state index contributed by atoms with van der Waals surface area (Å²) in [6.07, 6.45) is 0. The Balaban J connectivity index is 1.31. The van der Waals surface area contributed by atoms with E-state index in [1.165, 1.54) is 0 Å². The van der Waals surface area contributed by atoms with Crippen LogP contribution in [0.1, 0.15) is 16.2 Å². The molecular formula is C25H19N5O. The summed E-state index contributed by atoms with van der Waals surface area (Å²) in [5.74, 6) is 0.589. The van der Waals surface area contributed by atoms with Gasteiger partial charge in [0.1, 0.15) is 0 Å². The molecular weight excluding hydrogens is 386 g/mol. The lowest BCUT2D eigenvalue weighted by Gasteiger charge is -2.08. The van der Waals surface area contributed by atoms with Crippen LogP contribution in [0, 0.1) is 6.92 Å². The summed E-state index contributed by atoms with van der Waals surface area (Å²) in [4.78, 5) is 12.6. The molecule has 0 saturated carbocycles. The van der Waals surface area contributed by atoms with Crippen LogP contribution in [0.15, 0.2) is 91.0 Å². The molecule has 0 unspecified atom stereocenters. The Kier molecular flexibility index (Phi) is 4.72. The van der Waals surface area contributed by atoms with Crippen molar-refractivity contribution in [2.75, 3.05) is 5.32 Å². The van der Waals surface area contributed by atoms with E-state index in [4.69, 9.17) is 0 Å². The summed E-state index contributed by atoms with van der Waals surface area (Å²) in [7, 11) is 0. The number of benzene rings is 3. The lowest BCUT2D eigenvalue weighted by atomic mass is 10.0. The minimum Gasteiger partial charge on any atom is -0.322 e. The number of carbonyl (C=O) groups is 1. The number of hydrogen-bond donors (Lipinski definition) is 1. The standard InChI is InChI=1S/C25H19N5O/c1-17-27-28-24-16-15-23(29-30(17)24)20-11-13-22(14-12-20)26-25(31)21-9-7-19(8-10-21)18-5-3-2-4-6-18/h2-16H,1H3,(H,26,31). The van der Waals surface area contributed by atoms with E-state index in [1.807, 2.05) is 97.9 Å². The van der Waals surface area contributed by atoms with Crippen LogP contribution in [-0.2, 0) is 0 Å². The highest BCUT2D eigenvalue weighted by Crippen LogP contribution is 2.22. The van der Waals surface area contributed by atoms with Gasteiger partial charge in [-0.1, -0.05) is 54.6 Å². The number of anilines is 1. The number of carbonyl (C=O) groups excluding carboxylic acids is 1. The fraction of sp³-hybridized carbons (Fsp3) is 0.0400. The van der Waals surface area contributed by atoms with Crippen LogP contribution >= 0.6 is 0 Å². The Morgan fingerprint density at radius 2 is 1.42 bits per heavy atom. The summed E-state index contributed by atoms with van der Waals surface area (Å²) in [5, 5.41) is 15.6. The Morgan fingerprint density at radius 3 is 2.16 bits per heavy atom. The van der Waals surface area contributed by atoms with Gasteiger partial charge in [-0.3, -0.25) is 4.79 Å². The summed E-state index contributed by atoms with van der Waals surface area (Å²) in [5.41, 5.74) is 6.00. The lowest BCUT2D eigenvalue weighted by Crippen LogP contribution is -2.11. The number of aromatic nitrogens is 4. The molecule has 1 amide bonds. The molecule has 0 spiro atoms. The second kappa shape index (κ2) is 7.84. The average molecular weight is 405 g/mol. The Labute approximate surface area is 179 Å². The minimum absolute atomic E-state index is 0.146. The van der Waals surface area contributed by atoms with Crippen molar-refractivity contribution < 1.29 is 4.79 Å². The van der Waals surface area contributed by atoms with E-state index < -0.39 is 0 Å². The summed E-state index contributed by atoms with van der Waals surface area (Å²) in [6.45, 7) is 1.86. The summed E-state index contributed by atoms with van der Waals surface area (Å²) in [6, 6.07) is 29.1. The molecule has 5 aromatic rings. The van der Waals surface area contributed by atoms with Crippen LogP contribution in [0.2, 0.25) is 0 Å². The summed E-state index contributed by atoms with van der Waals surface area (Å²) < 4.78 is 1.71. The molecule has 31 heavy (non-hydrogen) atoms. The first-order chi connectivity index (χ1) is 15.2. The van der Waals surface area contributed by atoms with E-state index >= 15 is 0 Å². The molecule has 2 aromatic heterocycles. The molecule has 2 heterocycles. The van der Waals surface area contributed by atoms with Gasteiger partial charge < -0.3 is 5.32 Å². The third-order valence-electron chi connectivity index (χ3n) is 5.11. The molecule has 5 rings (SSSR count). The first kappa shape index (κ1) is 18.7. The monoisotopic (exact) mass is 405 g/mol. The van der Waals surface area contributed by atoms with Crippen molar-refractivity contribution in [2.24, 2.45) is 0 Å². The molecule has 6 heteroatoms. The van der Waals surface area contributed by atoms with E-state index in [1.54, 1.807) is 4.52 Å². The molecule has 0 aliphatic heterocycles. The second-order valence-corrected chi connectivity index (χ2v) is 7.21. The van der Waals surface area contributed by atoms with Crippen molar-refractivity contribution in [2.45, 2.75) is 6.92 Å². The van der Waals surface area contributed by atoms with Crippen molar-refractivity contribution in [1.82, 2.24) is 19.8 Å². The molecule has 0 fully saturated rings. The first-order valence-electron chi connectivity index (χ1n) is 9.94. The largest absolute Gasteiger partial charge is 0.322 e. The highest BCUT2D eigenvalue weighted by Gasteiger charge is 2.09. The second-order valence-electron chi connectivity index (χ2n) is 7.21. The van der Waals surface area contributed by atoms with Gasteiger partial charge in [0.2, 0.25) is 0 Å². The minimum atomic E-state index is -0.146. The average Bonchev–Trinajstić information content (AvgIpc) is 3.20. The molecule has 1 N–H and O–H groups in total. The van der Waals surface area contributed by atoms with Crippen LogP contribution < -0.4 is 5.32 Å². The predicted molar refractivity (Wildman–Crippen MR) is 121 cm³/mol. The lowest BCUT2D eigenvalue weighted by molar-refractivity contribution is 0.102. The third-order valence-corrected chi connectivity index (χ3v) is 5.11. The highest BCUT2D eigenvalue weighted by molar-refractivity contribution is 6.04. The topological polar surface area (TPSA) is 72.2 Å². The zero-order valence-corrected chi connectivity index (χ0v) is 16.9. The predicted octanol–water partition coefficient (Wildman–Crippen LogP) is 5.02. The van der Waals surface area contributed by atoms with Gasteiger partial charge in [0, 0.05) is 16.8 Å². The molecule has 6 nitrogen and oxygen atoms in total. The number of amides is 1. The van der Waals surface area contributed by atoms with E-state index in [2.05, 4.69) is 20.6 Å². The van der Waals surface area contributed by atoms with Crippen molar-refractivity contribution in [3.8, 4) is 22.4 Å². The Hall–Kier alpha value is -4.32. The van der Waals surface area contributed by atoms with Gasteiger partial charge in [-0.05, 0) is 54.4 Å². The number of nitrogens with zero attached hydrogens (tertiary/aromatic N) is 4. The normalized spacial score (nSPS) is 10.9. The van der Waals surface area contributed by atoms with Gasteiger partial charge in [-0.25, -0.2) is 0 Å². The van der Waals surface area contributed by atoms with Gasteiger partial charge in [0.05, 0.1) is 5.69 Å². The van der Waals surface area contributed by atoms with Crippen molar-refractivity contribution in [3.05, 3.63) is 102 Å². The van der Waals surface area contributed by atoms with Crippen LogP contribution in [-0.4, -0.2) is 25.7 Å². The van der Waals surface area contributed by atoms with Gasteiger partial charge in [-0.15, -0.1) is 10.2 Å². The van der Waals surface area contributed by atoms with Crippen LogP contribution in [0.5, 0.6) is 0 Å². The maximum Gasteiger partial charge on any atom is 0.255 e. The fourth-order valence-corrected chi connectivity index (χ4v) is 3.42. The molecule has 0 saturated heterocycles. The number of rotatable bonds is 4. The van der Waals surface area contributed by atoms with Gasteiger partial charge in [0.25, 0.3) is 5.91 Å². The van der Waals surface area contributed by atoms with E-state index in [0.717, 1.165) is 33.9 Å². The van der Waals surface area contributed by atoms with Crippen molar-refractivity contribution in [3.63, 3.8) is 0 Å². The van der Waals surface area contributed by atoms with Crippen LogP contribution in [0.4, 0.5) is 5.69 Å². The smallest absolute Gasteiger partial charge is 0.255 e. The third kappa shape index (κ3) is 3.79. The number of nitrogens with one attached hydrogen (secondary N) is 1. The Morgan fingerprint density at radius 1 is 0.742 bits per heavy atom. The SMILES string of the molecule is Cc1nnc2ccc(-c3ccc(NC(=O)c4ccc(-c5ccccc5)cc4)cc3)nn12. The molecule has 3 aromatic carbocycles. The van der Waals surface area contributed by atoms with Crippen molar-refractivity contribution >= 4 is 17.2 Å². The highest BCUT2D eigenvalue weighted by atomic mass is 16.1. The zero-order chi connectivity index (χ0) is 21.2. The number of hydrogen-bond acceptors (Lipinski definition) is 4. The quantitative estimate of drug-likeness (QED) is 0.456. The van der Waals surface area contributed by atoms with Gasteiger partial charge in [-0.2, -0.15) is 9.61 Å². The number of aryl methyl sites for hydroxylation is 1. The van der Waals surface area contributed by atoms with Crippen LogP contribution in [0.3, 0.4) is 0 Å². The van der Waals surface area contributed by atoms with Crippen LogP contribution in [0.25, 0.3) is 28.0 Å². The Bertz CT molecular complexity index is 1360. The fourth-order valence-electron chi connectivity index (χ4n) is 3.42. The molecule has 0 bridgehead atoms. The number of fused-ring (bicyclic) bond motifs is 1. The zero-order valence-electron chi connectivity index (χ0n) is 16.9. The van der Waals surface area contributed by atoms with Gasteiger partial charge >= 0.3 is 0 Å². The maximum absolute atomic E-state index is 12.6. The molecule has 150 valence electrons. The molecule has 0 aliphatic carbocycles. The summed E-state index contributed by atoms with van der Waals surface area (Å²) >= 11 is 0.